The third-order valence-corrected chi connectivity index (χ3v) is 2.39. The molecule has 1 aromatic carbocycles. The zero-order chi connectivity index (χ0) is 10.4. The van der Waals surface area contributed by atoms with Gasteiger partial charge in [0, 0.05) is 0 Å². The number of hydrogen-bond donors (Lipinski definition) is 1. The number of hydrogen-bond acceptors (Lipinski definition) is 2. The Morgan fingerprint density at radius 3 is 2.86 bits per heavy atom. The smallest absolute Gasteiger partial charge is 0.120 e. The lowest BCUT2D eigenvalue weighted by Crippen LogP contribution is -1.83. The molecule has 0 spiro atoms. The second-order valence-corrected chi connectivity index (χ2v) is 3.66. The van der Waals surface area contributed by atoms with E-state index in [4.69, 9.17) is 16.3 Å². The van der Waals surface area contributed by atoms with Gasteiger partial charge in [-0.3, -0.25) is 0 Å². The second-order valence-electron chi connectivity index (χ2n) is 2.80. The van der Waals surface area contributed by atoms with Gasteiger partial charge in [0.05, 0.1) is 12.1 Å². The second kappa shape index (κ2) is 5.99. The van der Waals surface area contributed by atoms with Gasteiger partial charge in [0.25, 0.3) is 0 Å². The van der Waals surface area contributed by atoms with Gasteiger partial charge in [-0.1, -0.05) is 23.8 Å². The molecule has 0 saturated carbocycles. The zero-order valence-corrected chi connectivity index (χ0v) is 9.68. The number of thiol groups is 1. The monoisotopic (exact) mass is 228 g/mol. The first kappa shape index (κ1) is 11.5. The van der Waals surface area contributed by atoms with E-state index in [1.165, 1.54) is 0 Å². The van der Waals surface area contributed by atoms with Crippen molar-refractivity contribution in [3.05, 3.63) is 34.9 Å². The molecule has 0 aliphatic heterocycles. The van der Waals surface area contributed by atoms with Crippen molar-refractivity contribution >= 4 is 30.3 Å². The number of rotatable bonds is 4. The van der Waals surface area contributed by atoms with Crippen LogP contribution in [0.15, 0.2) is 24.3 Å². The van der Waals surface area contributed by atoms with E-state index >= 15 is 0 Å². The molecule has 0 aliphatic carbocycles. The summed E-state index contributed by atoms with van der Waals surface area (Å²) in [5.41, 5.74) is 1.01. The third-order valence-electron chi connectivity index (χ3n) is 1.80. The normalized spacial score (nSPS) is 10.8. The van der Waals surface area contributed by atoms with Crippen LogP contribution in [0.25, 0.3) is 6.08 Å². The summed E-state index contributed by atoms with van der Waals surface area (Å²) < 4.78 is 5.05. The summed E-state index contributed by atoms with van der Waals surface area (Å²) in [6, 6.07) is 5.64. The van der Waals surface area contributed by atoms with Gasteiger partial charge in [0.1, 0.15) is 5.75 Å². The van der Waals surface area contributed by atoms with Gasteiger partial charge in [-0.15, -0.1) is 0 Å². The Morgan fingerprint density at radius 1 is 1.50 bits per heavy atom. The Balaban J connectivity index is 2.78. The molecule has 0 radical (unpaired) electrons. The topological polar surface area (TPSA) is 9.23 Å². The van der Waals surface area contributed by atoms with Crippen molar-refractivity contribution in [3.8, 4) is 5.75 Å². The van der Waals surface area contributed by atoms with Crippen molar-refractivity contribution in [2.24, 2.45) is 0 Å². The highest BCUT2D eigenvalue weighted by atomic mass is 35.5. The van der Waals surface area contributed by atoms with E-state index in [2.05, 4.69) is 18.7 Å². The lowest BCUT2D eigenvalue weighted by atomic mass is 10.2. The summed E-state index contributed by atoms with van der Waals surface area (Å²) in [5, 5.41) is 0.708. The fraction of sp³-hybridized carbons (Fsp3) is 0.273. The molecule has 0 amide bonds. The Labute approximate surface area is 95.1 Å². The Bertz CT molecular complexity index is 323. The minimum absolute atomic E-state index is 0.708. The maximum atomic E-state index is 6.04. The Kier molecular flexibility index (Phi) is 4.91. The SMILES string of the molecule is COc1ccc(C=CCCS)c(Cl)c1. The van der Waals surface area contributed by atoms with Gasteiger partial charge >= 0.3 is 0 Å². The van der Waals surface area contributed by atoms with E-state index in [0.29, 0.717) is 5.02 Å². The van der Waals surface area contributed by atoms with Crippen LogP contribution < -0.4 is 4.74 Å². The lowest BCUT2D eigenvalue weighted by molar-refractivity contribution is 0.415. The fourth-order valence-corrected chi connectivity index (χ4v) is 1.44. The Hall–Kier alpha value is -0.600. The quantitative estimate of drug-likeness (QED) is 0.774. The van der Waals surface area contributed by atoms with Crippen LogP contribution in [0.3, 0.4) is 0 Å². The van der Waals surface area contributed by atoms with Crippen LogP contribution >= 0.6 is 24.2 Å². The van der Waals surface area contributed by atoms with Crippen LogP contribution in [0, 0.1) is 0 Å². The molecule has 0 N–H and O–H groups in total. The van der Waals surface area contributed by atoms with Crippen LogP contribution in [0.2, 0.25) is 5.02 Å². The minimum Gasteiger partial charge on any atom is -0.497 e. The van der Waals surface area contributed by atoms with Crippen molar-refractivity contribution in [1.29, 1.82) is 0 Å². The molecule has 1 aromatic rings. The minimum atomic E-state index is 0.708. The van der Waals surface area contributed by atoms with Crippen LogP contribution in [0.5, 0.6) is 5.75 Å². The molecule has 0 atom stereocenters. The summed E-state index contributed by atoms with van der Waals surface area (Å²) in [6.07, 6.45) is 5.00. The van der Waals surface area contributed by atoms with Crippen LogP contribution in [-0.2, 0) is 0 Å². The number of methoxy groups -OCH3 is 1. The lowest BCUT2D eigenvalue weighted by Gasteiger charge is -2.02. The molecule has 0 aliphatic rings. The predicted molar refractivity (Wildman–Crippen MR) is 65.5 cm³/mol. The van der Waals surface area contributed by atoms with Crippen LogP contribution in [-0.4, -0.2) is 12.9 Å². The van der Waals surface area contributed by atoms with Crippen molar-refractivity contribution < 1.29 is 4.74 Å². The highest BCUT2D eigenvalue weighted by molar-refractivity contribution is 7.80. The molecule has 3 heteroatoms. The van der Waals surface area contributed by atoms with Gasteiger partial charge in [0.2, 0.25) is 0 Å². The van der Waals surface area contributed by atoms with Gasteiger partial charge < -0.3 is 4.74 Å². The molecule has 0 unspecified atom stereocenters. The van der Waals surface area contributed by atoms with Crippen LogP contribution in [0.4, 0.5) is 0 Å². The summed E-state index contributed by atoms with van der Waals surface area (Å²) in [6.45, 7) is 0. The molecule has 0 aromatic heterocycles. The predicted octanol–water partition coefficient (Wildman–Crippen LogP) is 3.68. The highest BCUT2D eigenvalue weighted by Gasteiger charge is 1.98. The molecular formula is C11H13ClOS. The van der Waals surface area contributed by atoms with Crippen molar-refractivity contribution in [3.63, 3.8) is 0 Å². The molecule has 0 heterocycles. The van der Waals surface area contributed by atoms with E-state index in [1.807, 2.05) is 24.3 Å². The molecule has 0 saturated heterocycles. The average molecular weight is 229 g/mol. The van der Waals surface area contributed by atoms with E-state index in [0.717, 1.165) is 23.5 Å². The third kappa shape index (κ3) is 3.28. The first-order valence-electron chi connectivity index (χ1n) is 4.39. The van der Waals surface area contributed by atoms with Gasteiger partial charge in [-0.25, -0.2) is 0 Å². The molecule has 0 fully saturated rings. The van der Waals surface area contributed by atoms with E-state index in [-0.39, 0.29) is 0 Å². The first-order valence-corrected chi connectivity index (χ1v) is 5.40. The number of allylic oxidation sites excluding steroid dienone is 1. The average Bonchev–Trinajstić information content (AvgIpc) is 2.20. The van der Waals surface area contributed by atoms with Gasteiger partial charge in [0.15, 0.2) is 0 Å². The van der Waals surface area contributed by atoms with Crippen molar-refractivity contribution in [2.45, 2.75) is 6.42 Å². The maximum absolute atomic E-state index is 6.04. The Morgan fingerprint density at radius 2 is 2.29 bits per heavy atom. The maximum Gasteiger partial charge on any atom is 0.120 e. The summed E-state index contributed by atoms with van der Waals surface area (Å²) in [7, 11) is 1.63. The molecule has 14 heavy (non-hydrogen) atoms. The zero-order valence-electron chi connectivity index (χ0n) is 8.03. The molecular weight excluding hydrogens is 216 g/mol. The highest BCUT2D eigenvalue weighted by Crippen LogP contribution is 2.23. The van der Waals surface area contributed by atoms with Crippen molar-refractivity contribution in [1.82, 2.24) is 0 Å². The molecule has 1 nitrogen and oxygen atoms in total. The number of ether oxygens (including phenoxy) is 1. The van der Waals surface area contributed by atoms with Gasteiger partial charge in [-0.05, 0) is 35.9 Å². The van der Waals surface area contributed by atoms with E-state index in [9.17, 15) is 0 Å². The largest absolute Gasteiger partial charge is 0.497 e. The summed E-state index contributed by atoms with van der Waals surface area (Å²) in [5.74, 6) is 1.63. The standard InChI is InChI=1S/C11H13ClOS/c1-13-10-6-5-9(11(12)8-10)4-2-3-7-14/h2,4-6,8,14H,3,7H2,1H3. The number of halogens is 1. The molecule has 0 bridgehead atoms. The molecule has 76 valence electrons. The number of benzene rings is 1. The van der Waals surface area contributed by atoms with Crippen molar-refractivity contribution in [2.75, 3.05) is 12.9 Å². The fourth-order valence-electron chi connectivity index (χ4n) is 1.05. The molecule has 1 rings (SSSR count). The van der Waals surface area contributed by atoms with E-state index < -0.39 is 0 Å². The van der Waals surface area contributed by atoms with Gasteiger partial charge in [-0.2, -0.15) is 12.6 Å². The van der Waals surface area contributed by atoms with Crippen LogP contribution in [0.1, 0.15) is 12.0 Å². The summed E-state index contributed by atoms with van der Waals surface area (Å²) in [4.78, 5) is 0. The van der Waals surface area contributed by atoms with E-state index in [1.54, 1.807) is 7.11 Å². The summed E-state index contributed by atoms with van der Waals surface area (Å²) >= 11 is 10.2. The first-order chi connectivity index (χ1) is 6.77.